The van der Waals surface area contributed by atoms with E-state index in [0.29, 0.717) is 12.1 Å². The van der Waals surface area contributed by atoms with Gasteiger partial charge in [0.15, 0.2) is 5.72 Å². The number of nitrogens with zero attached hydrogens (tertiary/aromatic N) is 2. The zero-order chi connectivity index (χ0) is 25.6. The molecular weight excluding hydrogens is 606 g/mol. The van der Waals surface area contributed by atoms with Gasteiger partial charge in [-0.2, -0.15) is 0 Å². The lowest BCUT2D eigenvalue weighted by atomic mass is 9.88. The molecule has 37 heavy (non-hydrogen) atoms. The van der Waals surface area contributed by atoms with Gasteiger partial charge in [-0.1, -0.05) is 31.9 Å². The minimum Gasteiger partial charge on any atom is -0.467 e. The van der Waals surface area contributed by atoms with Gasteiger partial charge in [-0.25, -0.2) is 4.79 Å². The number of benzene rings is 3. The van der Waals surface area contributed by atoms with Crippen LogP contribution in [0.5, 0.6) is 0 Å². The zero-order valence-corrected chi connectivity index (χ0v) is 22.9. The fourth-order valence-corrected chi connectivity index (χ4v) is 7.66. The van der Waals surface area contributed by atoms with Gasteiger partial charge in [0.1, 0.15) is 6.23 Å². The number of ether oxygens (including phenoxy) is 2. The van der Waals surface area contributed by atoms with E-state index < -0.39 is 23.5 Å². The first-order valence-corrected chi connectivity index (χ1v) is 13.5. The molecule has 3 aliphatic rings. The van der Waals surface area contributed by atoms with Gasteiger partial charge in [0.05, 0.1) is 34.7 Å². The van der Waals surface area contributed by atoms with E-state index in [9.17, 15) is 14.7 Å². The summed E-state index contributed by atoms with van der Waals surface area (Å²) in [6.07, 6.45) is -0.683. The highest BCUT2D eigenvalue weighted by Crippen LogP contribution is 2.58. The molecule has 0 radical (unpaired) electrons. The van der Waals surface area contributed by atoms with Gasteiger partial charge in [0.2, 0.25) is 5.60 Å². The van der Waals surface area contributed by atoms with Crippen molar-refractivity contribution in [2.24, 2.45) is 0 Å². The van der Waals surface area contributed by atoms with E-state index in [1.54, 1.807) is 6.92 Å². The lowest BCUT2D eigenvalue weighted by Gasteiger charge is -2.37. The molecule has 8 rings (SSSR count). The Labute approximate surface area is 226 Å². The van der Waals surface area contributed by atoms with Crippen LogP contribution in [0.2, 0.25) is 0 Å². The Bertz CT molecular complexity index is 1940. The van der Waals surface area contributed by atoms with Crippen LogP contribution in [0.25, 0.3) is 43.6 Å². The average molecular weight is 625 g/mol. The second-order valence-electron chi connectivity index (χ2n) is 10.1. The van der Waals surface area contributed by atoms with Gasteiger partial charge < -0.3 is 29.0 Å². The highest BCUT2D eigenvalue weighted by molar-refractivity contribution is 9.10. The first-order chi connectivity index (χ1) is 17.7. The Kier molecular flexibility index (Phi) is 4.02. The third kappa shape index (κ3) is 2.33. The topological polar surface area (TPSA) is 94.7 Å². The average Bonchev–Trinajstić information content (AvgIpc) is 3.55. The first-order valence-electron chi connectivity index (χ1n) is 11.9. The number of amides is 1. The molecule has 5 aromatic rings. The SMILES string of the molecule is COC(=O)[C@@]1(O)C[C@@H]2O[C@@]1(C)n1c3ccc(Br)cc3c3c4c(c5c6cc(Br)ccc6n2c5c31)C(=O)NC4. The van der Waals surface area contributed by atoms with Gasteiger partial charge in [0, 0.05) is 43.5 Å². The number of esters is 1. The van der Waals surface area contributed by atoms with Crippen molar-refractivity contribution in [2.45, 2.75) is 37.4 Å². The minimum atomic E-state index is -1.96. The summed E-state index contributed by atoms with van der Waals surface area (Å²) in [5.74, 6) is -0.860. The van der Waals surface area contributed by atoms with Crippen LogP contribution in [0.15, 0.2) is 45.3 Å². The molecule has 2 aromatic heterocycles. The molecule has 1 saturated heterocycles. The predicted molar refractivity (Wildman–Crippen MR) is 144 cm³/mol. The maximum Gasteiger partial charge on any atom is 0.343 e. The Hall–Kier alpha value is -2.92. The second-order valence-corrected chi connectivity index (χ2v) is 12.0. The largest absolute Gasteiger partial charge is 0.467 e. The fraction of sp³-hybridized carbons (Fsp3) is 0.259. The van der Waals surface area contributed by atoms with Crippen LogP contribution in [0.4, 0.5) is 0 Å². The third-order valence-corrected chi connectivity index (χ3v) is 9.45. The van der Waals surface area contributed by atoms with Crippen molar-refractivity contribution in [3.63, 3.8) is 0 Å². The molecule has 1 amide bonds. The third-order valence-electron chi connectivity index (χ3n) is 8.47. The van der Waals surface area contributed by atoms with E-state index >= 15 is 0 Å². The summed E-state index contributed by atoms with van der Waals surface area (Å²) in [4.78, 5) is 26.6. The smallest absolute Gasteiger partial charge is 0.343 e. The second kappa shape index (κ2) is 6.74. The monoisotopic (exact) mass is 623 g/mol. The van der Waals surface area contributed by atoms with E-state index in [1.807, 2.05) is 45.5 Å². The van der Waals surface area contributed by atoms with Gasteiger partial charge in [-0.05, 0) is 48.9 Å². The molecule has 0 spiro atoms. The maximum atomic E-state index is 13.3. The number of carbonyl (C=O) groups excluding carboxylic acids is 2. The van der Waals surface area contributed by atoms with Gasteiger partial charge in [-0.15, -0.1) is 0 Å². The minimum absolute atomic E-state index is 0.00840. The summed E-state index contributed by atoms with van der Waals surface area (Å²) in [6.45, 7) is 2.13. The Morgan fingerprint density at radius 3 is 2.49 bits per heavy atom. The lowest BCUT2D eigenvalue weighted by molar-refractivity contribution is -0.202. The molecular formula is C27H19Br2N3O5. The Morgan fingerprint density at radius 1 is 1.11 bits per heavy atom. The molecule has 2 bridgehead atoms. The van der Waals surface area contributed by atoms with E-state index in [0.717, 1.165) is 58.1 Å². The van der Waals surface area contributed by atoms with Gasteiger partial charge >= 0.3 is 5.97 Å². The molecule has 8 nitrogen and oxygen atoms in total. The first kappa shape index (κ1) is 22.1. The number of hydrogen-bond donors (Lipinski definition) is 2. The molecule has 10 heteroatoms. The highest BCUT2D eigenvalue weighted by Gasteiger charge is 2.65. The number of carbonyl (C=O) groups is 2. The van der Waals surface area contributed by atoms with Crippen molar-refractivity contribution in [1.82, 2.24) is 14.5 Å². The standard InChI is InChI=1S/C27H19Br2N3O5/c1-26-27(35,25(34)36-2)9-18(37-26)31-16-5-3-11(28)7-13(16)20-21-15(10-30-24(21)33)19-14-8-12(29)4-6-17(14)32(26)23(19)22(20)31/h3-8,18,35H,9-10H2,1-2H3,(H,30,33)/t18-,26+,27-/m0/s1. The molecule has 3 atom stereocenters. The summed E-state index contributed by atoms with van der Waals surface area (Å²) in [5.41, 5.74) is 1.44. The number of hydrogen-bond acceptors (Lipinski definition) is 5. The predicted octanol–water partition coefficient (Wildman–Crippen LogP) is 5.18. The van der Waals surface area contributed by atoms with E-state index in [1.165, 1.54) is 7.11 Å². The number of aliphatic hydroxyl groups is 1. The van der Waals surface area contributed by atoms with Crippen molar-refractivity contribution in [1.29, 1.82) is 0 Å². The van der Waals surface area contributed by atoms with Crippen molar-refractivity contribution >= 4 is 87.3 Å². The quantitative estimate of drug-likeness (QED) is 0.251. The zero-order valence-electron chi connectivity index (χ0n) is 19.7. The molecule has 186 valence electrons. The maximum absolute atomic E-state index is 13.3. The number of methoxy groups -OCH3 is 1. The molecule has 3 aromatic carbocycles. The van der Waals surface area contributed by atoms with Crippen LogP contribution in [0, 0.1) is 0 Å². The summed E-state index contributed by atoms with van der Waals surface area (Å²) in [7, 11) is 1.28. The van der Waals surface area contributed by atoms with Crippen LogP contribution in [-0.2, 0) is 26.5 Å². The normalized spacial score (nSPS) is 26.0. The van der Waals surface area contributed by atoms with Gasteiger partial charge in [0.25, 0.3) is 5.91 Å². The van der Waals surface area contributed by atoms with E-state index in [4.69, 9.17) is 9.47 Å². The van der Waals surface area contributed by atoms with Gasteiger partial charge in [-0.3, -0.25) is 4.79 Å². The number of aromatic nitrogens is 2. The van der Waals surface area contributed by atoms with Crippen molar-refractivity contribution in [3.8, 4) is 0 Å². The number of halogens is 2. The van der Waals surface area contributed by atoms with E-state index in [2.05, 4.69) is 37.2 Å². The van der Waals surface area contributed by atoms with Crippen molar-refractivity contribution < 1.29 is 24.2 Å². The highest BCUT2D eigenvalue weighted by atomic mass is 79.9. The summed E-state index contributed by atoms with van der Waals surface area (Å²) >= 11 is 7.21. The Morgan fingerprint density at radius 2 is 1.78 bits per heavy atom. The Balaban J connectivity index is 1.73. The fourth-order valence-electron chi connectivity index (χ4n) is 6.94. The van der Waals surface area contributed by atoms with Crippen LogP contribution in [0.3, 0.4) is 0 Å². The summed E-state index contributed by atoms with van der Waals surface area (Å²) in [5, 5.41) is 18.6. The number of nitrogens with one attached hydrogen (secondary N) is 1. The van der Waals surface area contributed by atoms with E-state index in [-0.39, 0.29) is 12.3 Å². The molecule has 3 aliphatic heterocycles. The molecule has 0 saturated carbocycles. The molecule has 1 fully saturated rings. The lowest BCUT2D eigenvalue weighted by Crippen LogP contribution is -2.56. The van der Waals surface area contributed by atoms with Crippen LogP contribution >= 0.6 is 31.9 Å². The van der Waals surface area contributed by atoms with Crippen molar-refractivity contribution in [2.75, 3.05) is 7.11 Å². The van der Waals surface area contributed by atoms with Crippen LogP contribution < -0.4 is 5.32 Å². The summed E-state index contributed by atoms with van der Waals surface area (Å²) in [6, 6.07) is 11.8. The van der Waals surface area contributed by atoms with Crippen LogP contribution in [-0.4, -0.2) is 38.8 Å². The molecule has 5 heterocycles. The number of fused-ring (bicyclic) bond motifs is 13. The number of rotatable bonds is 1. The summed E-state index contributed by atoms with van der Waals surface area (Å²) < 4.78 is 17.6. The van der Waals surface area contributed by atoms with Crippen LogP contribution in [0.1, 0.15) is 35.5 Å². The molecule has 0 unspecified atom stereocenters. The molecule has 0 aliphatic carbocycles. The van der Waals surface area contributed by atoms with Crippen molar-refractivity contribution in [3.05, 3.63) is 56.5 Å². The molecule has 2 N–H and O–H groups in total.